The molecule has 1 heterocycles. The molecule has 0 atom stereocenters. The van der Waals surface area contributed by atoms with E-state index < -0.39 is 20.4 Å². The number of rotatable bonds is 6. The van der Waals surface area contributed by atoms with Crippen molar-refractivity contribution < 1.29 is 13.2 Å². The lowest BCUT2D eigenvalue weighted by Gasteiger charge is -2.37. The SMILES string of the molecule is FCCCC[Si@H]1CC[C@H](C2CCC(c3ccc(F)c(F)c3)CC2)CC1. The van der Waals surface area contributed by atoms with Gasteiger partial charge < -0.3 is 0 Å². The van der Waals surface area contributed by atoms with E-state index in [1.807, 2.05) is 0 Å². The second-order valence-corrected chi connectivity index (χ2v) is 11.7. The van der Waals surface area contributed by atoms with Crippen LogP contribution in [0.4, 0.5) is 13.2 Å². The fraction of sp³-hybridized carbons (Fsp3) is 0.714. The van der Waals surface area contributed by atoms with Gasteiger partial charge in [-0.3, -0.25) is 4.39 Å². The van der Waals surface area contributed by atoms with Gasteiger partial charge in [0.1, 0.15) is 0 Å². The normalized spacial score (nSPS) is 30.4. The highest BCUT2D eigenvalue weighted by molar-refractivity contribution is 6.58. The molecule has 4 heteroatoms. The Morgan fingerprint density at radius 3 is 2.16 bits per heavy atom. The first-order valence-corrected chi connectivity index (χ1v) is 12.6. The Kier molecular flexibility index (Phi) is 7.03. The number of halogens is 3. The second kappa shape index (κ2) is 9.25. The van der Waals surface area contributed by atoms with Gasteiger partial charge in [0.15, 0.2) is 11.6 Å². The molecule has 140 valence electrons. The molecule has 2 fully saturated rings. The Bertz CT molecular complexity index is 532. The van der Waals surface area contributed by atoms with Gasteiger partial charge in [-0.25, -0.2) is 8.78 Å². The smallest absolute Gasteiger partial charge is 0.159 e. The molecule has 1 aromatic rings. The minimum Gasteiger partial charge on any atom is -0.251 e. The summed E-state index contributed by atoms with van der Waals surface area (Å²) in [6.45, 7) is -0.148. The molecular weight excluding hydrogens is 337 g/mol. The number of hydrogen-bond acceptors (Lipinski definition) is 0. The fourth-order valence-corrected chi connectivity index (χ4v) is 8.70. The lowest BCUT2D eigenvalue weighted by Crippen LogP contribution is -2.28. The standard InChI is InChI=1S/C21H31F3Si/c22-11-1-2-12-25-13-9-18(10-14-25)16-3-5-17(6-4-16)19-7-8-20(23)21(24)15-19/h7-8,15-18,25H,1-6,9-14H2/t16?,17?,18-,25-. The molecule has 1 saturated heterocycles. The van der Waals surface area contributed by atoms with Gasteiger partial charge in [-0.05, 0) is 67.6 Å². The number of hydrogen-bond donors (Lipinski definition) is 0. The van der Waals surface area contributed by atoms with Crippen molar-refractivity contribution in [3.63, 3.8) is 0 Å². The zero-order valence-corrected chi connectivity index (χ0v) is 16.3. The van der Waals surface area contributed by atoms with E-state index in [2.05, 4.69) is 0 Å². The van der Waals surface area contributed by atoms with Crippen molar-refractivity contribution in [2.75, 3.05) is 6.67 Å². The lowest BCUT2D eigenvalue weighted by molar-refractivity contribution is 0.216. The van der Waals surface area contributed by atoms with E-state index in [0.29, 0.717) is 5.92 Å². The molecule has 0 radical (unpaired) electrons. The highest BCUT2D eigenvalue weighted by Crippen LogP contribution is 2.43. The van der Waals surface area contributed by atoms with Crippen molar-refractivity contribution in [3.05, 3.63) is 35.4 Å². The number of benzene rings is 1. The third-order valence-electron chi connectivity index (χ3n) is 6.74. The van der Waals surface area contributed by atoms with E-state index in [-0.39, 0.29) is 6.67 Å². The van der Waals surface area contributed by atoms with Crippen LogP contribution in [0.2, 0.25) is 18.1 Å². The van der Waals surface area contributed by atoms with E-state index >= 15 is 0 Å². The van der Waals surface area contributed by atoms with Crippen LogP contribution in [0.1, 0.15) is 62.8 Å². The van der Waals surface area contributed by atoms with Crippen molar-refractivity contribution in [2.24, 2.45) is 11.8 Å². The summed E-state index contributed by atoms with van der Waals surface area (Å²) in [6.07, 6.45) is 9.37. The molecule has 0 N–H and O–H groups in total. The molecule has 0 nitrogen and oxygen atoms in total. The summed E-state index contributed by atoms with van der Waals surface area (Å²) in [4.78, 5) is 0. The van der Waals surface area contributed by atoms with Crippen LogP contribution in [0.3, 0.4) is 0 Å². The molecule has 0 aromatic heterocycles. The predicted molar refractivity (Wildman–Crippen MR) is 101 cm³/mol. The van der Waals surface area contributed by atoms with Gasteiger partial charge in [-0.1, -0.05) is 43.5 Å². The molecule has 0 unspecified atom stereocenters. The van der Waals surface area contributed by atoms with E-state index in [0.717, 1.165) is 43.1 Å². The highest BCUT2D eigenvalue weighted by atomic mass is 28.3. The van der Waals surface area contributed by atoms with Crippen LogP contribution in [-0.4, -0.2) is 15.5 Å². The molecule has 1 aromatic carbocycles. The summed E-state index contributed by atoms with van der Waals surface area (Å²) in [5.41, 5.74) is 0.973. The molecule has 25 heavy (non-hydrogen) atoms. The fourth-order valence-electron chi connectivity index (χ4n) is 5.17. The van der Waals surface area contributed by atoms with E-state index in [9.17, 15) is 13.2 Å². The van der Waals surface area contributed by atoms with E-state index in [1.54, 1.807) is 6.07 Å². The maximum atomic E-state index is 13.5. The van der Waals surface area contributed by atoms with E-state index in [1.165, 1.54) is 55.9 Å². The molecule has 0 spiro atoms. The quantitative estimate of drug-likeness (QED) is 0.391. The predicted octanol–water partition coefficient (Wildman–Crippen LogP) is 6.63. The first kappa shape index (κ1) is 19.0. The average Bonchev–Trinajstić information content (AvgIpc) is 2.65. The van der Waals surface area contributed by atoms with Crippen LogP contribution in [-0.2, 0) is 0 Å². The van der Waals surface area contributed by atoms with Gasteiger partial charge >= 0.3 is 0 Å². The highest BCUT2D eigenvalue weighted by Gasteiger charge is 2.31. The molecule has 1 aliphatic heterocycles. The first-order chi connectivity index (χ1) is 12.2. The minimum atomic E-state index is -0.745. The Balaban J connectivity index is 1.43. The molecule has 2 aliphatic rings. The van der Waals surface area contributed by atoms with Crippen molar-refractivity contribution >= 4 is 8.80 Å². The Labute approximate surface area is 151 Å². The third-order valence-corrected chi connectivity index (χ3v) is 10.3. The van der Waals surface area contributed by atoms with Crippen LogP contribution in [0.15, 0.2) is 18.2 Å². The zero-order chi connectivity index (χ0) is 17.6. The zero-order valence-electron chi connectivity index (χ0n) is 15.2. The van der Waals surface area contributed by atoms with Crippen molar-refractivity contribution in [1.29, 1.82) is 0 Å². The summed E-state index contributed by atoms with van der Waals surface area (Å²) < 4.78 is 38.8. The van der Waals surface area contributed by atoms with Gasteiger partial charge in [-0.2, -0.15) is 0 Å². The summed E-state index contributed by atoms with van der Waals surface area (Å²) in [5, 5.41) is 0. The Hall–Kier alpha value is -0.773. The lowest BCUT2D eigenvalue weighted by atomic mass is 9.72. The van der Waals surface area contributed by atoms with E-state index in [4.69, 9.17) is 0 Å². The largest absolute Gasteiger partial charge is 0.251 e. The number of unbranched alkanes of at least 4 members (excludes halogenated alkanes) is 1. The summed E-state index contributed by atoms with van der Waals surface area (Å²) >= 11 is 0. The second-order valence-electron chi connectivity index (χ2n) is 8.25. The maximum absolute atomic E-state index is 13.5. The molecule has 1 aliphatic carbocycles. The van der Waals surface area contributed by atoms with Crippen molar-refractivity contribution in [2.45, 2.75) is 75.4 Å². The molecule has 3 rings (SSSR count). The van der Waals surface area contributed by atoms with Crippen molar-refractivity contribution in [3.8, 4) is 0 Å². The van der Waals surface area contributed by atoms with Gasteiger partial charge in [0.25, 0.3) is 0 Å². The Morgan fingerprint density at radius 1 is 0.840 bits per heavy atom. The van der Waals surface area contributed by atoms with Gasteiger partial charge in [0.05, 0.1) is 6.67 Å². The van der Waals surface area contributed by atoms with Gasteiger partial charge in [0.2, 0.25) is 0 Å². The Morgan fingerprint density at radius 2 is 1.52 bits per heavy atom. The van der Waals surface area contributed by atoms with Crippen LogP contribution < -0.4 is 0 Å². The summed E-state index contributed by atoms with van der Waals surface area (Å²) in [6, 6.07) is 8.69. The topological polar surface area (TPSA) is 0 Å². The van der Waals surface area contributed by atoms with Crippen LogP contribution in [0.5, 0.6) is 0 Å². The van der Waals surface area contributed by atoms with Gasteiger partial charge in [0, 0.05) is 8.80 Å². The monoisotopic (exact) mass is 368 g/mol. The first-order valence-electron chi connectivity index (χ1n) is 10.2. The van der Waals surface area contributed by atoms with Crippen LogP contribution in [0, 0.1) is 23.5 Å². The summed E-state index contributed by atoms with van der Waals surface area (Å²) in [5.74, 6) is 0.663. The molecule has 0 bridgehead atoms. The average molecular weight is 369 g/mol. The maximum Gasteiger partial charge on any atom is 0.159 e. The van der Waals surface area contributed by atoms with Crippen LogP contribution in [0.25, 0.3) is 0 Å². The minimum absolute atomic E-state index is 0.148. The molecular formula is C21H31F3Si. The molecule has 0 amide bonds. The van der Waals surface area contributed by atoms with Crippen molar-refractivity contribution in [1.82, 2.24) is 0 Å². The number of alkyl halides is 1. The molecule has 1 saturated carbocycles. The van der Waals surface area contributed by atoms with Gasteiger partial charge in [-0.15, -0.1) is 0 Å². The van der Waals surface area contributed by atoms with Crippen LogP contribution >= 0.6 is 0 Å². The third kappa shape index (κ3) is 5.12. The summed E-state index contributed by atoms with van der Waals surface area (Å²) in [7, 11) is -0.566.